The van der Waals surface area contributed by atoms with E-state index >= 15 is 0 Å². The van der Waals surface area contributed by atoms with Gasteiger partial charge in [0.1, 0.15) is 73.1 Å². The monoisotopic (exact) mass is 1370 g/mol. The van der Waals surface area contributed by atoms with Crippen molar-refractivity contribution in [2.75, 3.05) is 138 Å². The topological polar surface area (TPSA) is 502 Å². The van der Waals surface area contributed by atoms with Crippen molar-refractivity contribution in [3.05, 3.63) is 0 Å². The second kappa shape index (κ2) is 43.3. The largest absolute Gasteiger partial charge is 0.394 e. The van der Waals surface area contributed by atoms with E-state index in [1.54, 1.807) is 20.8 Å². The van der Waals surface area contributed by atoms with E-state index in [4.69, 9.17) is 63.5 Å². The van der Waals surface area contributed by atoms with Gasteiger partial charge in [0.05, 0.1) is 111 Å². The Hall–Kier alpha value is -3.94. The summed E-state index contributed by atoms with van der Waals surface area (Å²) in [5.74, 6) is -3.80. The van der Waals surface area contributed by atoms with Crippen molar-refractivity contribution < 1.29 is 136 Å². The molecule has 0 aliphatic carbocycles. The Morgan fingerprint density at radius 3 is 1.18 bits per heavy atom. The Morgan fingerprint density at radius 1 is 0.489 bits per heavy atom. The predicted octanol–water partition coefficient (Wildman–Crippen LogP) is -7.99. The van der Waals surface area contributed by atoms with Crippen LogP contribution in [0, 0.1) is 0 Å². The van der Waals surface area contributed by atoms with Gasteiger partial charge in [0, 0.05) is 59.9 Å². The first-order valence-electron chi connectivity index (χ1n) is 30.3. The minimum Gasteiger partial charge on any atom is -0.394 e. The highest BCUT2D eigenvalue weighted by molar-refractivity contribution is 8.07. The normalized spacial score (nSPS) is 27.3. The number of hydrogen-bond donors (Lipinski definition) is 16. The smallest absolute Gasteiger partial charge is 0.325 e. The van der Waals surface area contributed by atoms with Gasteiger partial charge in [-0.3, -0.25) is 38.5 Å². The number of nitrogens with zero attached hydrogens (tertiary/aromatic N) is 2. The molecule has 16 N–H and O–H groups in total. The molecule has 16 unspecified atom stereocenters. The van der Waals surface area contributed by atoms with Crippen LogP contribution in [0.4, 0.5) is 0 Å². The number of aliphatic hydroxyl groups is 9. The molecule has 0 bridgehead atoms. The maximum atomic E-state index is 13.9. The van der Waals surface area contributed by atoms with Gasteiger partial charge in [-0.05, 0) is 45.4 Å². The van der Waals surface area contributed by atoms with E-state index < -0.39 is 185 Å². The summed E-state index contributed by atoms with van der Waals surface area (Å²) in [6, 6.07) is -3.51. The van der Waals surface area contributed by atoms with Gasteiger partial charge in [0.2, 0.25) is 41.4 Å². The molecule has 3 rings (SSSR count). The van der Waals surface area contributed by atoms with Crippen LogP contribution >= 0.6 is 6.72 Å². The van der Waals surface area contributed by atoms with Crippen LogP contribution in [0.5, 0.6) is 0 Å². The number of unbranched alkanes of at least 4 members (excludes halogenated alkanes) is 2. The summed E-state index contributed by atoms with van der Waals surface area (Å²) in [5.41, 5.74) is -0.754. The molecule has 92 heavy (non-hydrogen) atoms. The maximum absolute atomic E-state index is 13.9. The zero-order chi connectivity index (χ0) is 68.6. The van der Waals surface area contributed by atoms with Crippen LogP contribution in [0.15, 0.2) is 0 Å². The molecule has 0 saturated carbocycles. The molecule has 16 atom stereocenters. The van der Waals surface area contributed by atoms with Crippen molar-refractivity contribution >= 4 is 59.9 Å². The zero-order valence-corrected chi connectivity index (χ0v) is 54.6. The molecule has 7 amide bonds. The highest BCUT2D eigenvalue weighted by Gasteiger charge is 2.48. The van der Waals surface area contributed by atoms with Gasteiger partial charge in [0.15, 0.2) is 18.9 Å². The van der Waals surface area contributed by atoms with Gasteiger partial charge >= 0.3 is 6.72 Å². The first-order valence-corrected chi connectivity index (χ1v) is 32.8. The van der Waals surface area contributed by atoms with Crippen molar-refractivity contribution in [2.45, 2.75) is 165 Å². The van der Waals surface area contributed by atoms with Crippen LogP contribution in [-0.2, 0) is 97.0 Å². The van der Waals surface area contributed by atoms with Crippen molar-refractivity contribution in [1.29, 1.82) is 0 Å². The third kappa shape index (κ3) is 31.3. The van der Waals surface area contributed by atoms with Gasteiger partial charge in [0.25, 0.3) is 0 Å². The van der Waals surface area contributed by atoms with Crippen LogP contribution in [0.3, 0.4) is 0 Å². The Morgan fingerprint density at radius 2 is 0.848 bits per heavy atom. The highest BCUT2D eigenvalue weighted by atomic mass is 32.5. The van der Waals surface area contributed by atoms with Crippen LogP contribution in [-0.4, -0.2) is 338 Å². The molecule has 534 valence electrons. The molecule has 3 aliphatic rings. The lowest BCUT2D eigenvalue weighted by Crippen LogP contribution is -2.64. The number of aliphatic hydroxyl groups excluding tert-OH is 9. The second-order valence-corrected chi connectivity index (χ2v) is 25.4. The van der Waals surface area contributed by atoms with Crippen molar-refractivity contribution in [1.82, 2.24) is 41.7 Å². The molecule has 36 nitrogen and oxygen atoms in total. The average Bonchev–Trinajstić information content (AvgIpc) is 0.845. The summed E-state index contributed by atoms with van der Waals surface area (Å²) in [6.45, 7) is 0.976. The van der Waals surface area contributed by atoms with Gasteiger partial charge in [-0.1, -0.05) is 6.42 Å². The summed E-state index contributed by atoms with van der Waals surface area (Å²) < 4.78 is 61.2. The zero-order valence-electron chi connectivity index (χ0n) is 52.9. The molecule has 3 fully saturated rings. The summed E-state index contributed by atoms with van der Waals surface area (Å²) in [4.78, 5) is 103. The first-order chi connectivity index (χ1) is 43.5. The van der Waals surface area contributed by atoms with E-state index in [1.165, 1.54) is 30.6 Å². The Bertz CT molecular complexity index is 2200. The van der Waals surface area contributed by atoms with Crippen molar-refractivity contribution in [3.8, 4) is 0 Å². The Labute approximate surface area is 539 Å². The average molecular weight is 1370 g/mol. The van der Waals surface area contributed by atoms with E-state index in [9.17, 15) is 84.4 Å². The molecule has 0 aromatic carbocycles. The standard InChI is InChI=1S/C54H99N8O28PS/c1-32(66)58-42-48(76)45(73)35(29-63)87-51(42)83-23-20-80-17-11-55-38(69)26-61(27-39(70)56-12-18-81-21-24-84-52-43(59-33(2)67)49(77)46(74)36(30-64)88-52)14-15-62(41(72)10-8-7-9-16-86-91(79,92)90-54(4,5)6)28-40(71)57-13-19-82-22-25-85-53-44(60-34(3)68)50(78)47(75)37(31-65)89-53/h35-37,42-53,63-65,73-78H,7-31H2,1-6H3,(H,55,69)(H,56,70)(H,57,71)(H,58,66)(H,59,67)(H,60,68)(H,79,92). The Kier molecular flexibility index (Phi) is 38.7. The molecule has 0 spiro atoms. The maximum Gasteiger partial charge on any atom is 0.325 e. The van der Waals surface area contributed by atoms with Crippen LogP contribution in [0.25, 0.3) is 0 Å². The van der Waals surface area contributed by atoms with Gasteiger partial charge < -0.3 is 139 Å². The number of nitrogens with one attached hydrogen (secondary N) is 6. The summed E-state index contributed by atoms with van der Waals surface area (Å²) in [7, 11) is 0. The number of carbonyl (C=O) groups is 7. The fraction of sp³-hybridized carbons (Fsp3) is 0.870. The molecule has 3 heterocycles. The third-order valence-electron chi connectivity index (χ3n) is 13.8. The number of rotatable bonds is 44. The van der Waals surface area contributed by atoms with Gasteiger partial charge in [-0.25, -0.2) is 0 Å². The van der Waals surface area contributed by atoms with Crippen LogP contribution < -0.4 is 31.9 Å². The van der Waals surface area contributed by atoms with Crippen LogP contribution in [0.1, 0.15) is 67.2 Å². The predicted molar refractivity (Wildman–Crippen MR) is 320 cm³/mol. The minimum atomic E-state index is -3.54. The van der Waals surface area contributed by atoms with Gasteiger partial charge in [-0.15, -0.1) is 0 Å². The fourth-order valence-corrected chi connectivity index (χ4v) is 11.4. The summed E-state index contributed by atoms with van der Waals surface area (Å²) in [5, 5.41) is 107. The second-order valence-electron chi connectivity index (χ2n) is 22.6. The minimum absolute atomic E-state index is 0.0327. The Balaban J connectivity index is 1.65. The number of hydrogen-bond acceptors (Lipinski definition) is 29. The quantitative estimate of drug-likeness (QED) is 0.0199. The molecule has 3 aliphatic heterocycles. The van der Waals surface area contributed by atoms with E-state index in [2.05, 4.69) is 31.9 Å². The molecule has 38 heteroatoms. The molecule has 0 aromatic rings. The van der Waals surface area contributed by atoms with Gasteiger partial charge in [-0.2, -0.15) is 0 Å². The van der Waals surface area contributed by atoms with E-state index in [-0.39, 0.29) is 105 Å². The SMILES string of the molecule is CC(=O)NC1C(OCCOCCNC(=O)CN(CCN(CC(=O)NCCOCCOC2OC(CO)C(O)C(O)C2NC(C)=O)C(=O)CCCCCOP(O)(=S)OC(C)(C)C)CC(=O)NCCOCCOC2OC(CO)C(O)C(O)C2NC(C)=O)OC(CO)C(O)C1O. The van der Waals surface area contributed by atoms with E-state index in [1.807, 2.05) is 0 Å². The molecule has 0 aromatic heterocycles. The molecule has 3 saturated heterocycles. The van der Waals surface area contributed by atoms with E-state index in [0.717, 1.165) is 0 Å². The first kappa shape index (κ1) is 82.3. The molecular weight excluding hydrogens is 1270 g/mol. The molecular formula is C54H99N8O28PS. The van der Waals surface area contributed by atoms with Crippen LogP contribution in [0.2, 0.25) is 0 Å². The number of ether oxygens (including phenoxy) is 9. The molecule has 0 radical (unpaired) electrons. The van der Waals surface area contributed by atoms with E-state index in [0.29, 0.717) is 19.3 Å². The number of carbonyl (C=O) groups excluding carboxylic acids is 7. The number of amides is 7. The fourth-order valence-electron chi connectivity index (χ4n) is 9.38. The van der Waals surface area contributed by atoms with Crippen molar-refractivity contribution in [2.24, 2.45) is 0 Å². The third-order valence-corrected chi connectivity index (χ3v) is 15.6. The summed E-state index contributed by atoms with van der Waals surface area (Å²) in [6.07, 6.45) is -15.3. The van der Waals surface area contributed by atoms with Crippen molar-refractivity contribution in [3.63, 3.8) is 0 Å². The summed E-state index contributed by atoms with van der Waals surface area (Å²) >= 11 is 5.10. The lowest BCUT2D eigenvalue weighted by atomic mass is 9.97. The highest BCUT2D eigenvalue weighted by Crippen LogP contribution is 2.47. The lowest BCUT2D eigenvalue weighted by molar-refractivity contribution is -0.272. The lowest BCUT2D eigenvalue weighted by Gasteiger charge is -2.42.